The fourth-order valence-corrected chi connectivity index (χ4v) is 6.69. The summed E-state index contributed by atoms with van der Waals surface area (Å²) in [6.45, 7) is 7.11. The maximum Gasteiger partial charge on any atom is 0.319 e. The third-order valence-corrected chi connectivity index (χ3v) is 9.50. The standard InChI is InChI=1S/C28H30ClF2N5O4S/c1-3-22(38)35-7-9-36(10-8-35)27-18-17-19(29)23(24-20(30)5-4-6-21(24)37)25(31)26(18)32-28(33-27)40-14-11-34-12-15-41(2,39)16-13-34/h3-6,17,37H,1-2,7-16H2. The first-order valence-electron chi connectivity index (χ1n) is 13.1. The Hall–Kier alpha value is -3.48. The quantitative estimate of drug-likeness (QED) is 0.324. The average Bonchev–Trinajstić information content (AvgIpc) is 2.95. The molecule has 2 aliphatic heterocycles. The van der Waals surface area contributed by atoms with Gasteiger partial charge in [-0.25, -0.2) is 8.78 Å². The van der Waals surface area contributed by atoms with Crippen molar-refractivity contribution in [3.05, 3.63) is 53.6 Å². The third-order valence-electron chi connectivity index (χ3n) is 7.35. The molecule has 0 atom stereocenters. The van der Waals surface area contributed by atoms with E-state index in [1.807, 2.05) is 4.90 Å². The molecule has 5 rings (SSSR count). The Morgan fingerprint density at radius 1 is 1.12 bits per heavy atom. The zero-order chi connectivity index (χ0) is 29.3. The summed E-state index contributed by atoms with van der Waals surface area (Å²) >= 11 is 6.49. The normalized spacial score (nSPS) is 17.5. The molecule has 9 nitrogen and oxygen atoms in total. The van der Waals surface area contributed by atoms with E-state index in [1.165, 1.54) is 24.3 Å². The zero-order valence-electron chi connectivity index (χ0n) is 22.3. The van der Waals surface area contributed by atoms with Gasteiger partial charge in [-0.15, -0.1) is 0 Å². The van der Waals surface area contributed by atoms with E-state index in [-0.39, 0.29) is 45.6 Å². The number of hydrogen-bond acceptors (Lipinski definition) is 8. The number of carbonyl (C=O) groups is 1. The Balaban J connectivity index is 1.51. The van der Waals surface area contributed by atoms with E-state index < -0.39 is 26.9 Å². The van der Waals surface area contributed by atoms with Crippen molar-refractivity contribution in [1.29, 1.82) is 0 Å². The number of fused-ring (bicyclic) bond motifs is 1. The van der Waals surface area contributed by atoms with E-state index in [1.54, 1.807) is 4.90 Å². The molecule has 2 aliphatic rings. The molecule has 0 spiro atoms. The highest BCUT2D eigenvalue weighted by molar-refractivity contribution is 8.00. The minimum Gasteiger partial charge on any atom is -0.507 e. The lowest BCUT2D eigenvalue weighted by molar-refractivity contribution is -0.126. The van der Waals surface area contributed by atoms with Gasteiger partial charge in [-0.05, 0) is 39.7 Å². The van der Waals surface area contributed by atoms with Crippen LogP contribution in [0.25, 0.3) is 22.0 Å². The summed E-state index contributed by atoms with van der Waals surface area (Å²) in [5.74, 6) is 2.75. The number of amides is 1. The van der Waals surface area contributed by atoms with Crippen LogP contribution in [0.1, 0.15) is 0 Å². The summed E-state index contributed by atoms with van der Waals surface area (Å²) in [6, 6.07) is 5.02. The Bertz CT molecular complexity index is 1580. The largest absolute Gasteiger partial charge is 0.507 e. The number of benzene rings is 2. The number of phenolic OH excluding ortho intramolecular Hbond substituents is 1. The molecule has 2 saturated heterocycles. The number of hydrogen-bond donors (Lipinski definition) is 1. The molecular weight excluding hydrogens is 576 g/mol. The smallest absolute Gasteiger partial charge is 0.319 e. The lowest BCUT2D eigenvalue weighted by atomic mass is 10.0. The van der Waals surface area contributed by atoms with Crippen molar-refractivity contribution in [3.63, 3.8) is 0 Å². The molecular formula is C28H30ClF2N5O4S. The summed E-state index contributed by atoms with van der Waals surface area (Å²) in [6.07, 6.45) is 1.26. The van der Waals surface area contributed by atoms with Gasteiger partial charge in [0.05, 0.1) is 10.6 Å². The van der Waals surface area contributed by atoms with Crippen molar-refractivity contribution in [2.24, 2.45) is 0 Å². The molecule has 1 amide bonds. The SMILES string of the molecule is C=CC(=O)N1CCN(c2nc(OCCN3CCS(=C)(=O)CC3)nc3c(F)c(-c4c(O)cccc4F)c(Cl)cc23)CC1. The van der Waals surface area contributed by atoms with Crippen molar-refractivity contribution in [2.45, 2.75) is 0 Å². The number of phenols is 1. The highest BCUT2D eigenvalue weighted by atomic mass is 35.5. The summed E-state index contributed by atoms with van der Waals surface area (Å²) in [4.78, 5) is 26.6. The molecule has 0 unspecified atom stereocenters. The summed E-state index contributed by atoms with van der Waals surface area (Å²) in [7, 11) is -2.03. The molecule has 0 bridgehead atoms. The van der Waals surface area contributed by atoms with Crippen molar-refractivity contribution in [3.8, 4) is 22.9 Å². The van der Waals surface area contributed by atoms with Crippen LogP contribution in [0.4, 0.5) is 14.6 Å². The number of piperazine rings is 1. The number of carbonyl (C=O) groups excluding carboxylic acids is 1. The molecule has 41 heavy (non-hydrogen) atoms. The van der Waals surface area contributed by atoms with Crippen LogP contribution >= 0.6 is 11.6 Å². The highest BCUT2D eigenvalue weighted by Crippen LogP contribution is 2.42. The minimum atomic E-state index is -2.03. The van der Waals surface area contributed by atoms with Gasteiger partial charge in [0.25, 0.3) is 0 Å². The van der Waals surface area contributed by atoms with Crippen molar-refractivity contribution < 1.29 is 27.6 Å². The maximum absolute atomic E-state index is 16.2. The number of anilines is 1. The number of aromatic hydroxyl groups is 1. The lowest BCUT2D eigenvalue weighted by Gasteiger charge is -2.35. The summed E-state index contributed by atoms with van der Waals surface area (Å²) < 4.78 is 49.0. The molecule has 218 valence electrons. The van der Waals surface area contributed by atoms with Crippen LogP contribution in [0.15, 0.2) is 36.9 Å². The fraction of sp³-hybridized carbons (Fsp3) is 0.357. The molecule has 3 aromatic rings. The molecule has 1 aromatic heterocycles. The first kappa shape index (κ1) is 29.0. The van der Waals surface area contributed by atoms with Crippen LogP contribution in [0.3, 0.4) is 0 Å². The average molecular weight is 606 g/mol. The Morgan fingerprint density at radius 2 is 1.83 bits per heavy atom. The van der Waals surface area contributed by atoms with Gasteiger partial charge in [0.15, 0.2) is 5.82 Å². The van der Waals surface area contributed by atoms with Gasteiger partial charge in [-0.2, -0.15) is 9.97 Å². The van der Waals surface area contributed by atoms with E-state index in [2.05, 4.69) is 27.3 Å². The van der Waals surface area contributed by atoms with Crippen LogP contribution in [-0.2, 0) is 14.3 Å². The van der Waals surface area contributed by atoms with E-state index in [0.717, 1.165) is 6.07 Å². The van der Waals surface area contributed by atoms with Crippen molar-refractivity contribution >= 4 is 49.6 Å². The number of nitrogens with zero attached hydrogens (tertiary/aromatic N) is 5. The first-order valence-corrected chi connectivity index (χ1v) is 15.5. The van der Waals surface area contributed by atoms with Gasteiger partial charge >= 0.3 is 6.01 Å². The van der Waals surface area contributed by atoms with Gasteiger partial charge < -0.3 is 19.6 Å². The Labute approximate surface area is 242 Å². The summed E-state index contributed by atoms with van der Waals surface area (Å²) in [5, 5.41) is 10.5. The van der Waals surface area contributed by atoms with Gasteiger partial charge in [0.1, 0.15) is 29.5 Å². The lowest BCUT2D eigenvalue weighted by Crippen LogP contribution is -2.48. The Morgan fingerprint density at radius 3 is 2.49 bits per heavy atom. The van der Waals surface area contributed by atoms with E-state index in [0.29, 0.717) is 63.1 Å². The number of halogens is 3. The zero-order valence-corrected chi connectivity index (χ0v) is 23.9. The second-order valence-corrected chi connectivity index (χ2v) is 13.1. The van der Waals surface area contributed by atoms with Crippen LogP contribution in [0.5, 0.6) is 11.8 Å². The maximum atomic E-state index is 16.2. The third kappa shape index (κ3) is 6.09. The fourth-order valence-electron chi connectivity index (χ4n) is 5.02. The predicted molar refractivity (Wildman–Crippen MR) is 157 cm³/mol. The molecule has 0 aliphatic carbocycles. The van der Waals surface area contributed by atoms with Gasteiger partial charge in [0.2, 0.25) is 5.91 Å². The molecule has 2 fully saturated rings. The van der Waals surface area contributed by atoms with Crippen LogP contribution in [-0.4, -0.2) is 105 Å². The number of ether oxygens (including phenoxy) is 1. The van der Waals surface area contributed by atoms with E-state index in [9.17, 15) is 18.5 Å². The number of rotatable bonds is 7. The van der Waals surface area contributed by atoms with Crippen LogP contribution in [0, 0.1) is 11.6 Å². The molecule has 1 N–H and O–H groups in total. The monoisotopic (exact) mass is 605 g/mol. The molecule has 3 heterocycles. The molecule has 13 heteroatoms. The highest BCUT2D eigenvalue weighted by Gasteiger charge is 2.28. The van der Waals surface area contributed by atoms with Crippen molar-refractivity contribution in [2.75, 3.05) is 68.8 Å². The molecule has 0 radical (unpaired) electrons. The minimum absolute atomic E-state index is 0.0833. The van der Waals surface area contributed by atoms with Crippen molar-refractivity contribution in [1.82, 2.24) is 19.8 Å². The Kier molecular flexibility index (Phi) is 8.35. The first-order chi connectivity index (χ1) is 19.6. The van der Waals surface area contributed by atoms with Gasteiger partial charge in [-0.1, -0.05) is 24.2 Å². The topological polar surface area (TPSA) is 99.1 Å². The van der Waals surface area contributed by atoms with Gasteiger partial charge in [-0.3, -0.25) is 13.9 Å². The predicted octanol–water partition coefficient (Wildman–Crippen LogP) is 3.18. The van der Waals surface area contributed by atoms with E-state index in [4.69, 9.17) is 16.3 Å². The van der Waals surface area contributed by atoms with Gasteiger partial charge in [0, 0.05) is 68.3 Å². The van der Waals surface area contributed by atoms with Crippen LogP contribution in [0.2, 0.25) is 5.02 Å². The van der Waals surface area contributed by atoms with Crippen LogP contribution < -0.4 is 9.64 Å². The molecule has 2 aromatic carbocycles. The summed E-state index contributed by atoms with van der Waals surface area (Å²) in [5.41, 5.74) is -0.841. The second-order valence-electron chi connectivity index (χ2n) is 9.99. The molecule has 0 saturated carbocycles. The number of aromatic nitrogens is 2. The van der Waals surface area contributed by atoms with E-state index >= 15 is 4.39 Å². The second kappa shape index (κ2) is 11.8.